The van der Waals surface area contributed by atoms with E-state index >= 15 is 0 Å². The molecule has 158 valence electrons. The Balaban J connectivity index is 1.86. The first-order chi connectivity index (χ1) is 15.1. The Morgan fingerprint density at radius 2 is 1.55 bits per heavy atom. The molecule has 0 unspecified atom stereocenters. The van der Waals surface area contributed by atoms with Gasteiger partial charge in [0.2, 0.25) is 0 Å². The van der Waals surface area contributed by atoms with Gasteiger partial charge in [0.25, 0.3) is 5.91 Å². The molecule has 0 bridgehead atoms. The van der Waals surface area contributed by atoms with Crippen LogP contribution < -0.4 is 10.6 Å². The van der Waals surface area contributed by atoms with Crippen molar-refractivity contribution in [2.45, 2.75) is 19.8 Å². The number of para-hydroxylation sites is 1. The molecule has 5 nitrogen and oxygen atoms in total. The number of carboxylic acid groups (broad SMARTS) is 1. The van der Waals surface area contributed by atoms with Crippen molar-refractivity contribution < 1.29 is 14.7 Å². The lowest BCUT2D eigenvalue weighted by Gasteiger charge is -2.14. The lowest BCUT2D eigenvalue weighted by Crippen LogP contribution is -2.17. The molecular formula is C26H26N2O3. The minimum absolute atomic E-state index is 0.0544. The van der Waals surface area contributed by atoms with Crippen molar-refractivity contribution in [1.82, 2.24) is 0 Å². The maximum atomic E-state index is 13.0. The van der Waals surface area contributed by atoms with E-state index in [2.05, 4.69) is 17.6 Å². The summed E-state index contributed by atoms with van der Waals surface area (Å²) in [5.74, 6) is -1.44. The second-order valence-electron chi connectivity index (χ2n) is 7.13. The van der Waals surface area contributed by atoms with Crippen LogP contribution in [0.4, 0.5) is 11.4 Å². The molecule has 5 heteroatoms. The second kappa shape index (κ2) is 10.8. The molecule has 0 atom stereocenters. The lowest BCUT2D eigenvalue weighted by molar-refractivity contribution is 0.0698. The molecule has 0 aliphatic carbocycles. The van der Waals surface area contributed by atoms with Crippen LogP contribution in [0.3, 0.4) is 0 Å². The maximum Gasteiger partial charge on any atom is 0.337 e. The summed E-state index contributed by atoms with van der Waals surface area (Å²) in [6, 6.07) is 22.0. The first-order valence-corrected chi connectivity index (χ1v) is 10.3. The third-order valence-corrected chi connectivity index (χ3v) is 4.81. The van der Waals surface area contributed by atoms with Crippen LogP contribution >= 0.6 is 0 Å². The zero-order valence-corrected chi connectivity index (χ0v) is 17.5. The number of unbranched alkanes of at least 4 members (excludes halogenated alkanes) is 1. The van der Waals surface area contributed by atoms with E-state index in [0.717, 1.165) is 30.5 Å². The molecule has 1 amide bonds. The van der Waals surface area contributed by atoms with Crippen molar-refractivity contribution in [2.75, 3.05) is 17.2 Å². The highest BCUT2D eigenvalue weighted by molar-refractivity contribution is 6.10. The molecule has 0 fully saturated rings. The molecule has 0 spiro atoms. The van der Waals surface area contributed by atoms with Gasteiger partial charge in [-0.2, -0.15) is 0 Å². The van der Waals surface area contributed by atoms with E-state index in [4.69, 9.17) is 0 Å². The van der Waals surface area contributed by atoms with Gasteiger partial charge < -0.3 is 15.7 Å². The number of hydrogen-bond acceptors (Lipinski definition) is 3. The average Bonchev–Trinajstić information content (AvgIpc) is 2.79. The number of amides is 1. The number of rotatable bonds is 9. The fourth-order valence-corrected chi connectivity index (χ4v) is 3.13. The molecule has 0 aliphatic heterocycles. The zero-order valence-electron chi connectivity index (χ0n) is 17.5. The van der Waals surface area contributed by atoms with Crippen molar-refractivity contribution in [3.8, 4) is 0 Å². The van der Waals surface area contributed by atoms with E-state index in [0.29, 0.717) is 11.3 Å². The Morgan fingerprint density at radius 3 is 2.29 bits per heavy atom. The molecule has 0 aliphatic rings. The predicted octanol–water partition coefficient (Wildman–Crippen LogP) is 6.02. The predicted molar refractivity (Wildman–Crippen MR) is 127 cm³/mol. The van der Waals surface area contributed by atoms with Crippen LogP contribution in [0.2, 0.25) is 0 Å². The molecule has 0 heterocycles. The van der Waals surface area contributed by atoms with Crippen LogP contribution in [0.1, 0.15) is 51.6 Å². The van der Waals surface area contributed by atoms with Crippen LogP contribution in [0, 0.1) is 0 Å². The van der Waals surface area contributed by atoms with Crippen molar-refractivity contribution in [1.29, 1.82) is 0 Å². The monoisotopic (exact) mass is 414 g/mol. The Bertz CT molecular complexity index is 1080. The van der Waals surface area contributed by atoms with E-state index < -0.39 is 5.97 Å². The third-order valence-electron chi connectivity index (χ3n) is 4.81. The third kappa shape index (κ3) is 6.06. The number of carbonyl (C=O) groups is 2. The van der Waals surface area contributed by atoms with Gasteiger partial charge in [0.05, 0.1) is 16.8 Å². The minimum atomic E-state index is -1.08. The summed E-state index contributed by atoms with van der Waals surface area (Å²) in [5.41, 5.74) is 3.56. The number of anilines is 2. The van der Waals surface area contributed by atoms with Crippen molar-refractivity contribution in [3.63, 3.8) is 0 Å². The van der Waals surface area contributed by atoms with Gasteiger partial charge in [-0.3, -0.25) is 4.79 Å². The van der Waals surface area contributed by atoms with E-state index in [-0.39, 0.29) is 17.2 Å². The fraction of sp³-hybridized carbons (Fsp3) is 0.154. The second-order valence-corrected chi connectivity index (χ2v) is 7.13. The van der Waals surface area contributed by atoms with Crippen LogP contribution in [0.15, 0.2) is 72.8 Å². The molecule has 0 radical (unpaired) electrons. The van der Waals surface area contributed by atoms with Gasteiger partial charge in [-0.25, -0.2) is 4.79 Å². The van der Waals surface area contributed by atoms with Crippen LogP contribution in [0.5, 0.6) is 0 Å². The molecule has 0 saturated heterocycles. The quantitative estimate of drug-likeness (QED) is 0.295. The number of aromatic carboxylic acids is 1. The summed E-state index contributed by atoms with van der Waals surface area (Å²) in [6.07, 6.45) is 6.04. The highest BCUT2D eigenvalue weighted by Crippen LogP contribution is 2.23. The van der Waals surface area contributed by atoms with Gasteiger partial charge in [0, 0.05) is 12.2 Å². The summed E-state index contributed by atoms with van der Waals surface area (Å²) in [7, 11) is 0. The number of carboxylic acids is 1. The average molecular weight is 415 g/mol. The van der Waals surface area contributed by atoms with Crippen LogP contribution in [0.25, 0.3) is 12.2 Å². The molecular weight excluding hydrogens is 388 g/mol. The van der Waals surface area contributed by atoms with Crippen LogP contribution in [-0.2, 0) is 0 Å². The highest BCUT2D eigenvalue weighted by atomic mass is 16.4. The Morgan fingerprint density at radius 1 is 0.839 bits per heavy atom. The first kappa shape index (κ1) is 21.8. The molecule has 31 heavy (non-hydrogen) atoms. The maximum absolute atomic E-state index is 13.0. The molecule has 3 aromatic rings. The minimum Gasteiger partial charge on any atom is -0.478 e. The smallest absolute Gasteiger partial charge is 0.337 e. The molecule has 3 N–H and O–H groups in total. The van der Waals surface area contributed by atoms with Gasteiger partial charge in [-0.15, -0.1) is 0 Å². The highest BCUT2D eigenvalue weighted by Gasteiger charge is 2.16. The summed E-state index contributed by atoms with van der Waals surface area (Å²) in [4.78, 5) is 24.4. The van der Waals surface area contributed by atoms with Gasteiger partial charge in [0.1, 0.15) is 0 Å². The zero-order chi connectivity index (χ0) is 22.1. The fourth-order valence-electron chi connectivity index (χ4n) is 3.13. The first-order valence-electron chi connectivity index (χ1n) is 10.3. The van der Waals surface area contributed by atoms with Gasteiger partial charge >= 0.3 is 5.97 Å². The van der Waals surface area contributed by atoms with E-state index in [1.54, 1.807) is 24.3 Å². The topological polar surface area (TPSA) is 78.4 Å². The SMILES string of the molecule is CCCCNc1cc(C=Cc2ccccc2)ccc1C(=O)Nc1ccccc1C(=O)O. The largest absolute Gasteiger partial charge is 0.478 e. The standard InChI is InChI=1S/C26H26N2O3/c1-2-3-17-27-24-18-20(14-13-19-9-5-4-6-10-19)15-16-21(24)25(29)28-23-12-8-7-11-22(23)26(30)31/h4-16,18,27H,2-3,17H2,1H3,(H,28,29)(H,30,31). The Labute approximate surface area is 182 Å². The van der Waals surface area contributed by atoms with Gasteiger partial charge in [-0.05, 0) is 41.8 Å². The number of carbonyl (C=O) groups excluding carboxylic acids is 1. The van der Waals surface area contributed by atoms with E-state index in [1.807, 2.05) is 54.6 Å². The van der Waals surface area contributed by atoms with E-state index in [9.17, 15) is 14.7 Å². The molecule has 3 rings (SSSR count). The Hall–Kier alpha value is -3.86. The number of benzene rings is 3. The molecule has 0 aromatic heterocycles. The molecule has 0 saturated carbocycles. The van der Waals surface area contributed by atoms with Crippen molar-refractivity contribution in [3.05, 3.63) is 95.1 Å². The molecule has 3 aromatic carbocycles. The summed E-state index contributed by atoms with van der Waals surface area (Å²) < 4.78 is 0. The summed E-state index contributed by atoms with van der Waals surface area (Å²) in [5, 5.41) is 15.4. The van der Waals surface area contributed by atoms with E-state index in [1.165, 1.54) is 6.07 Å². The number of hydrogen-bond donors (Lipinski definition) is 3. The number of nitrogens with one attached hydrogen (secondary N) is 2. The van der Waals surface area contributed by atoms with Gasteiger partial charge in [0.15, 0.2) is 0 Å². The van der Waals surface area contributed by atoms with Crippen molar-refractivity contribution in [2.24, 2.45) is 0 Å². The lowest BCUT2D eigenvalue weighted by atomic mass is 10.1. The Kier molecular flexibility index (Phi) is 7.60. The summed E-state index contributed by atoms with van der Waals surface area (Å²) in [6.45, 7) is 2.85. The summed E-state index contributed by atoms with van der Waals surface area (Å²) >= 11 is 0. The van der Waals surface area contributed by atoms with Crippen molar-refractivity contribution >= 4 is 35.4 Å². The van der Waals surface area contributed by atoms with Gasteiger partial charge in [-0.1, -0.05) is 74.0 Å². The normalized spacial score (nSPS) is 10.7. The van der Waals surface area contributed by atoms with Crippen LogP contribution in [-0.4, -0.2) is 23.5 Å².